The minimum Gasteiger partial charge on any atom is -0.294 e. The molecule has 0 amide bonds. The third-order valence-electron chi connectivity index (χ3n) is 2.18. The molecule has 0 saturated carbocycles. The molecule has 0 radical (unpaired) electrons. The lowest BCUT2D eigenvalue weighted by Crippen LogP contribution is -2.14. The van der Waals surface area contributed by atoms with Crippen molar-refractivity contribution in [2.75, 3.05) is 0 Å². The predicted octanol–water partition coefficient (Wildman–Crippen LogP) is 1.80. The molecule has 1 heterocycles. The average molecular weight is 121 g/mol. The van der Waals surface area contributed by atoms with Crippen LogP contribution >= 0.6 is 0 Å². The number of fused-ring (bicyclic) bond motifs is 1. The molecule has 2 atom stereocenters. The summed E-state index contributed by atoms with van der Waals surface area (Å²) >= 11 is 0. The molecular formula is C8H11N. The van der Waals surface area contributed by atoms with Crippen molar-refractivity contribution in [3.05, 3.63) is 12.2 Å². The minimum atomic E-state index is 0.648. The SMILES string of the molecule is C1=CC2CC=NC2CC1. The Morgan fingerprint density at radius 3 is 3.33 bits per heavy atom. The van der Waals surface area contributed by atoms with Gasteiger partial charge >= 0.3 is 0 Å². The second-order valence-corrected chi connectivity index (χ2v) is 2.80. The van der Waals surface area contributed by atoms with Crippen LogP contribution in [0.4, 0.5) is 0 Å². The van der Waals surface area contributed by atoms with Crippen LogP contribution in [0.1, 0.15) is 19.3 Å². The summed E-state index contributed by atoms with van der Waals surface area (Å²) in [4.78, 5) is 4.38. The van der Waals surface area contributed by atoms with E-state index < -0.39 is 0 Å². The summed E-state index contributed by atoms with van der Waals surface area (Å²) in [5.41, 5.74) is 0. The van der Waals surface area contributed by atoms with E-state index in [1.165, 1.54) is 19.3 Å². The van der Waals surface area contributed by atoms with Gasteiger partial charge in [0.2, 0.25) is 0 Å². The zero-order chi connectivity index (χ0) is 6.10. The Labute approximate surface area is 55.5 Å². The maximum absolute atomic E-state index is 4.38. The van der Waals surface area contributed by atoms with Gasteiger partial charge in [-0.25, -0.2) is 0 Å². The van der Waals surface area contributed by atoms with Crippen LogP contribution in [-0.2, 0) is 0 Å². The lowest BCUT2D eigenvalue weighted by Gasteiger charge is -2.16. The molecule has 0 aromatic carbocycles. The summed E-state index contributed by atoms with van der Waals surface area (Å²) < 4.78 is 0. The zero-order valence-corrected chi connectivity index (χ0v) is 5.46. The maximum atomic E-state index is 4.38. The van der Waals surface area contributed by atoms with E-state index in [0.29, 0.717) is 6.04 Å². The first-order chi connectivity index (χ1) is 4.47. The number of nitrogens with zero attached hydrogens (tertiary/aromatic N) is 1. The topological polar surface area (TPSA) is 12.4 Å². The van der Waals surface area contributed by atoms with Gasteiger partial charge in [-0.2, -0.15) is 0 Å². The van der Waals surface area contributed by atoms with E-state index in [2.05, 4.69) is 23.4 Å². The standard InChI is InChI=1S/C8H11N/c1-2-4-8-7(3-1)5-6-9-8/h1,3,6-8H,2,4-5H2. The van der Waals surface area contributed by atoms with E-state index in [1.54, 1.807) is 0 Å². The van der Waals surface area contributed by atoms with Crippen molar-refractivity contribution in [1.29, 1.82) is 0 Å². The Balaban J connectivity index is 2.16. The highest BCUT2D eigenvalue weighted by Gasteiger charge is 2.22. The van der Waals surface area contributed by atoms with Crippen LogP contribution in [0.25, 0.3) is 0 Å². The molecule has 0 spiro atoms. The quantitative estimate of drug-likeness (QED) is 0.433. The second-order valence-electron chi connectivity index (χ2n) is 2.80. The zero-order valence-electron chi connectivity index (χ0n) is 5.46. The van der Waals surface area contributed by atoms with Gasteiger partial charge in [-0.3, -0.25) is 4.99 Å². The fourth-order valence-corrected chi connectivity index (χ4v) is 1.62. The predicted molar refractivity (Wildman–Crippen MR) is 38.8 cm³/mol. The molecule has 0 bridgehead atoms. The molecule has 0 fully saturated rings. The summed E-state index contributed by atoms with van der Waals surface area (Å²) in [6.45, 7) is 0. The van der Waals surface area contributed by atoms with E-state index in [0.717, 1.165) is 5.92 Å². The minimum absolute atomic E-state index is 0.648. The van der Waals surface area contributed by atoms with Crippen molar-refractivity contribution < 1.29 is 0 Å². The van der Waals surface area contributed by atoms with Gasteiger partial charge in [-0.05, 0) is 25.5 Å². The largest absolute Gasteiger partial charge is 0.294 e. The lowest BCUT2D eigenvalue weighted by molar-refractivity contribution is 0.500. The van der Waals surface area contributed by atoms with Gasteiger partial charge in [0.1, 0.15) is 0 Å². The molecule has 0 saturated heterocycles. The van der Waals surface area contributed by atoms with Crippen LogP contribution in [0.5, 0.6) is 0 Å². The molecule has 0 aromatic rings. The summed E-state index contributed by atoms with van der Waals surface area (Å²) in [7, 11) is 0. The molecule has 1 aliphatic carbocycles. The Kier molecular flexibility index (Phi) is 1.15. The van der Waals surface area contributed by atoms with Crippen LogP contribution in [0.15, 0.2) is 17.1 Å². The Bertz CT molecular complexity index is 158. The molecule has 1 nitrogen and oxygen atoms in total. The highest BCUT2D eigenvalue weighted by atomic mass is 14.8. The van der Waals surface area contributed by atoms with E-state index >= 15 is 0 Å². The molecule has 2 aliphatic rings. The molecule has 0 aromatic heterocycles. The monoisotopic (exact) mass is 121 g/mol. The normalized spacial score (nSPS) is 39.1. The Morgan fingerprint density at radius 1 is 1.44 bits per heavy atom. The van der Waals surface area contributed by atoms with Crippen LogP contribution in [0.2, 0.25) is 0 Å². The average Bonchev–Trinajstić information content (AvgIpc) is 2.33. The van der Waals surface area contributed by atoms with Crippen molar-refractivity contribution in [2.24, 2.45) is 10.9 Å². The highest BCUT2D eigenvalue weighted by Crippen LogP contribution is 2.26. The second kappa shape index (κ2) is 1.98. The van der Waals surface area contributed by atoms with Gasteiger partial charge in [0.25, 0.3) is 0 Å². The Morgan fingerprint density at radius 2 is 2.44 bits per heavy atom. The van der Waals surface area contributed by atoms with Crippen LogP contribution in [-0.4, -0.2) is 12.3 Å². The van der Waals surface area contributed by atoms with Crippen molar-refractivity contribution in [2.45, 2.75) is 25.3 Å². The van der Waals surface area contributed by atoms with E-state index in [1.807, 2.05) is 0 Å². The van der Waals surface area contributed by atoms with E-state index in [-0.39, 0.29) is 0 Å². The summed E-state index contributed by atoms with van der Waals surface area (Å²) in [5.74, 6) is 0.763. The first kappa shape index (κ1) is 5.21. The molecule has 0 N–H and O–H groups in total. The van der Waals surface area contributed by atoms with Gasteiger partial charge in [-0.15, -0.1) is 0 Å². The fourth-order valence-electron chi connectivity index (χ4n) is 1.62. The van der Waals surface area contributed by atoms with E-state index in [9.17, 15) is 0 Å². The van der Waals surface area contributed by atoms with E-state index in [4.69, 9.17) is 0 Å². The lowest BCUT2D eigenvalue weighted by atomic mass is 9.91. The third-order valence-corrected chi connectivity index (χ3v) is 2.18. The molecule has 2 rings (SSSR count). The van der Waals surface area contributed by atoms with Crippen molar-refractivity contribution in [3.63, 3.8) is 0 Å². The molecule has 2 unspecified atom stereocenters. The van der Waals surface area contributed by atoms with Gasteiger partial charge in [0, 0.05) is 5.92 Å². The molecule has 1 heteroatoms. The smallest absolute Gasteiger partial charge is 0.0564 e. The van der Waals surface area contributed by atoms with Crippen LogP contribution < -0.4 is 0 Å². The van der Waals surface area contributed by atoms with Crippen LogP contribution in [0, 0.1) is 5.92 Å². The number of allylic oxidation sites excluding steroid dienone is 1. The van der Waals surface area contributed by atoms with Crippen molar-refractivity contribution in [1.82, 2.24) is 0 Å². The summed E-state index contributed by atoms with van der Waals surface area (Å²) in [6, 6.07) is 0.648. The first-order valence-corrected chi connectivity index (χ1v) is 3.65. The number of aliphatic imine (C=N–C) groups is 1. The van der Waals surface area contributed by atoms with Crippen molar-refractivity contribution in [3.8, 4) is 0 Å². The van der Waals surface area contributed by atoms with Gasteiger partial charge < -0.3 is 0 Å². The third kappa shape index (κ3) is 0.805. The summed E-state index contributed by atoms with van der Waals surface area (Å²) in [5, 5.41) is 0. The van der Waals surface area contributed by atoms with Gasteiger partial charge in [0.05, 0.1) is 6.04 Å². The van der Waals surface area contributed by atoms with Crippen LogP contribution in [0.3, 0.4) is 0 Å². The molecular weight excluding hydrogens is 110 g/mol. The molecule has 1 aliphatic heterocycles. The number of hydrogen-bond acceptors (Lipinski definition) is 1. The number of hydrogen-bond donors (Lipinski definition) is 0. The Hall–Kier alpha value is -0.590. The van der Waals surface area contributed by atoms with Gasteiger partial charge in [0.15, 0.2) is 0 Å². The van der Waals surface area contributed by atoms with Crippen molar-refractivity contribution >= 4 is 6.21 Å². The highest BCUT2D eigenvalue weighted by molar-refractivity contribution is 5.61. The molecule has 48 valence electrons. The summed E-state index contributed by atoms with van der Waals surface area (Å²) in [6.07, 6.45) is 10.4. The van der Waals surface area contributed by atoms with Gasteiger partial charge in [-0.1, -0.05) is 12.2 Å². The molecule has 9 heavy (non-hydrogen) atoms. The number of rotatable bonds is 0. The maximum Gasteiger partial charge on any atom is 0.0564 e. The first-order valence-electron chi connectivity index (χ1n) is 3.65. The fraction of sp³-hybridized carbons (Fsp3) is 0.625.